The van der Waals surface area contributed by atoms with Crippen molar-refractivity contribution in [3.05, 3.63) is 12.5 Å². The summed E-state index contributed by atoms with van der Waals surface area (Å²) < 4.78 is 24.9. The van der Waals surface area contributed by atoms with Crippen molar-refractivity contribution in [3.8, 4) is 0 Å². The van der Waals surface area contributed by atoms with E-state index in [1.54, 1.807) is 0 Å². The van der Waals surface area contributed by atoms with E-state index < -0.39 is 10.0 Å². The average molecular weight is 216 g/mol. The molecule has 1 fully saturated rings. The second kappa shape index (κ2) is 3.34. The Hall–Kier alpha value is -0.920. The van der Waals surface area contributed by atoms with Gasteiger partial charge in [-0.1, -0.05) is 0 Å². The zero-order valence-electron chi connectivity index (χ0n) is 7.55. The normalized spacial score (nSPS) is 19.5. The fraction of sp³-hybridized carbons (Fsp3) is 0.571. The quantitative estimate of drug-likeness (QED) is 0.677. The smallest absolute Gasteiger partial charge is 0.260 e. The highest BCUT2D eigenvalue weighted by Crippen LogP contribution is 2.22. The lowest BCUT2D eigenvalue weighted by Crippen LogP contribution is -2.52. The molecule has 0 bridgehead atoms. The molecule has 3 N–H and O–H groups in total. The molecule has 2 rings (SSSR count). The SMILES string of the molecule is NCC1CN(S(=O)(=O)c2cnc[nH]2)C1. The molecule has 0 amide bonds. The minimum Gasteiger partial charge on any atom is -0.335 e. The van der Waals surface area contributed by atoms with Crippen molar-refractivity contribution in [2.75, 3.05) is 19.6 Å². The molecule has 0 saturated carbocycles. The molecule has 1 aliphatic heterocycles. The summed E-state index contributed by atoms with van der Waals surface area (Å²) in [6, 6.07) is 0. The van der Waals surface area contributed by atoms with Gasteiger partial charge in [-0.2, -0.15) is 4.31 Å². The van der Waals surface area contributed by atoms with E-state index in [-0.39, 0.29) is 5.03 Å². The van der Waals surface area contributed by atoms with Crippen LogP contribution in [0.1, 0.15) is 0 Å². The molecule has 1 aromatic heterocycles. The monoisotopic (exact) mass is 216 g/mol. The minimum atomic E-state index is -3.34. The van der Waals surface area contributed by atoms with Gasteiger partial charge in [0.1, 0.15) is 0 Å². The van der Waals surface area contributed by atoms with Crippen molar-refractivity contribution < 1.29 is 8.42 Å². The van der Waals surface area contributed by atoms with Crippen LogP contribution >= 0.6 is 0 Å². The van der Waals surface area contributed by atoms with Crippen molar-refractivity contribution in [1.29, 1.82) is 0 Å². The first-order chi connectivity index (χ1) is 6.64. The Morgan fingerprint density at radius 3 is 2.86 bits per heavy atom. The summed E-state index contributed by atoms with van der Waals surface area (Å²) in [6.07, 6.45) is 2.66. The van der Waals surface area contributed by atoms with E-state index in [9.17, 15) is 8.42 Å². The van der Waals surface area contributed by atoms with Crippen molar-refractivity contribution >= 4 is 10.0 Å². The van der Waals surface area contributed by atoms with E-state index >= 15 is 0 Å². The predicted molar refractivity (Wildman–Crippen MR) is 49.9 cm³/mol. The Morgan fingerprint density at radius 1 is 1.64 bits per heavy atom. The molecule has 0 spiro atoms. The number of sulfonamides is 1. The van der Waals surface area contributed by atoms with Gasteiger partial charge >= 0.3 is 0 Å². The molecule has 6 nitrogen and oxygen atoms in total. The molecule has 0 unspecified atom stereocenters. The van der Waals surface area contributed by atoms with E-state index in [4.69, 9.17) is 5.73 Å². The molecular formula is C7H12N4O2S. The molecule has 78 valence electrons. The van der Waals surface area contributed by atoms with E-state index in [0.717, 1.165) is 0 Å². The maximum absolute atomic E-state index is 11.8. The van der Waals surface area contributed by atoms with E-state index in [2.05, 4.69) is 9.97 Å². The third-order valence-corrected chi connectivity index (χ3v) is 4.11. The summed E-state index contributed by atoms with van der Waals surface area (Å²) in [7, 11) is -3.34. The van der Waals surface area contributed by atoms with Crippen LogP contribution in [0.3, 0.4) is 0 Å². The van der Waals surface area contributed by atoms with E-state index in [1.165, 1.54) is 16.8 Å². The van der Waals surface area contributed by atoms with Gasteiger partial charge in [-0.3, -0.25) is 0 Å². The molecule has 1 aliphatic rings. The average Bonchev–Trinajstić information content (AvgIpc) is 2.53. The Bertz CT molecular complexity index is 393. The minimum absolute atomic E-state index is 0.146. The Morgan fingerprint density at radius 2 is 2.36 bits per heavy atom. The number of hydrogen-bond donors (Lipinski definition) is 2. The fourth-order valence-corrected chi connectivity index (χ4v) is 2.88. The third-order valence-electron chi connectivity index (χ3n) is 2.35. The molecule has 7 heteroatoms. The van der Waals surface area contributed by atoms with Crippen LogP contribution in [0.5, 0.6) is 0 Å². The van der Waals surface area contributed by atoms with Gasteiger partial charge in [0.25, 0.3) is 10.0 Å². The predicted octanol–water partition coefficient (Wildman–Crippen LogP) is -1.01. The van der Waals surface area contributed by atoms with Crippen molar-refractivity contribution in [1.82, 2.24) is 14.3 Å². The second-order valence-corrected chi connectivity index (χ2v) is 5.25. The van der Waals surface area contributed by atoms with Crippen LogP contribution in [-0.2, 0) is 10.0 Å². The molecule has 0 radical (unpaired) electrons. The summed E-state index contributed by atoms with van der Waals surface area (Å²) in [4.78, 5) is 6.27. The summed E-state index contributed by atoms with van der Waals surface area (Å²) >= 11 is 0. The zero-order chi connectivity index (χ0) is 10.2. The van der Waals surface area contributed by atoms with Crippen molar-refractivity contribution in [3.63, 3.8) is 0 Å². The van der Waals surface area contributed by atoms with Crippen LogP contribution in [-0.4, -0.2) is 42.3 Å². The van der Waals surface area contributed by atoms with Gasteiger partial charge in [0.05, 0.1) is 12.5 Å². The molecule has 0 aromatic carbocycles. The van der Waals surface area contributed by atoms with E-state index in [0.29, 0.717) is 25.6 Å². The molecule has 14 heavy (non-hydrogen) atoms. The largest absolute Gasteiger partial charge is 0.335 e. The lowest BCUT2D eigenvalue weighted by molar-refractivity contribution is 0.207. The third kappa shape index (κ3) is 1.43. The number of nitrogens with zero attached hydrogens (tertiary/aromatic N) is 2. The summed E-state index contributed by atoms with van der Waals surface area (Å²) in [5.74, 6) is 0.299. The lowest BCUT2D eigenvalue weighted by Gasteiger charge is -2.36. The summed E-state index contributed by atoms with van der Waals surface area (Å²) in [5, 5.41) is 0.146. The Kier molecular flexibility index (Phi) is 2.30. The first-order valence-electron chi connectivity index (χ1n) is 4.33. The summed E-state index contributed by atoms with van der Waals surface area (Å²) in [6.45, 7) is 1.56. The van der Waals surface area contributed by atoms with Crippen LogP contribution in [0.2, 0.25) is 0 Å². The molecular weight excluding hydrogens is 204 g/mol. The maximum Gasteiger partial charge on any atom is 0.260 e. The number of nitrogens with one attached hydrogen (secondary N) is 1. The number of rotatable bonds is 3. The van der Waals surface area contributed by atoms with Crippen LogP contribution in [0.15, 0.2) is 17.6 Å². The topological polar surface area (TPSA) is 92.1 Å². The van der Waals surface area contributed by atoms with Crippen molar-refractivity contribution in [2.24, 2.45) is 11.7 Å². The molecule has 1 aromatic rings. The van der Waals surface area contributed by atoms with E-state index in [1.807, 2.05) is 0 Å². The Labute approximate surface area is 82.2 Å². The molecule has 0 aliphatic carbocycles. The van der Waals surface area contributed by atoms with Crippen molar-refractivity contribution in [2.45, 2.75) is 5.03 Å². The highest BCUT2D eigenvalue weighted by molar-refractivity contribution is 7.89. The molecule has 1 saturated heterocycles. The highest BCUT2D eigenvalue weighted by Gasteiger charge is 2.36. The number of imidazole rings is 1. The number of H-pyrrole nitrogens is 1. The van der Waals surface area contributed by atoms with Gasteiger partial charge in [-0.25, -0.2) is 13.4 Å². The molecule has 2 heterocycles. The number of aromatic nitrogens is 2. The van der Waals surface area contributed by atoms with Gasteiger partial charge in [0, 0.05) is 13.1 Å². The first kappa shape index (κ1) is 9.63. The fourth-order valence-electron chi connectivity index (χ4n) is 1.39. The molecule has 0 atom stereocenters. The van der Waals surface area contributed by atoms with Gasteiger partial charge in [0.2, 0.25) is 0 Å². The van der Waals surface area contributed by atoms with Gasteiger partial charge in [-0.05, 0) is 12.5 Å². The van der Waals surface area contributed by atoms with Gasteiger partial charge in [0.15, 0.2) is 5.03 Å². The van der Waals surface area contributed by atoms with Crippen LogP contribution < -0.4 is 5.73 Å². The lowest BCUT2D eigenvalue weighted by atomic mass is 10.0. The highest BCUT2D eigenvalue weighted by atomic mass is 32.2. The van der Waals surface area contributed by atoms with Crippen LogP contribution in [0.25, 0.3) is 0 Å². The van der Waals surface area contributed by atoms with Gasteiger partial charge in [-0.15, -0.1) is 0 Å². The van der Waals surface area contributed by atoms with Crippen LogP contribution in [0, 0.1) is 5.92 Å². The number of hydrogen-bond acceptors (Lipinski definition) is 4. The first-order valence-corrected chi connectivity index (χ1v) is 5.77. The Balaban J connectivity index is 2.12. The number of aromatic amines is 1. The number of nitrogens with two attached hydrogens (primary N) is 1. The maximum atomic E-state index is 11.8. The van der Waals surface area contributed by atoms with Crippen LogP contribution in [0.4, 0.5) is 0 Å². The standard InChI is InChI=1S/C7H12N4O2S/c8-1-6-3-11(4-6)14(12,13)7-2-9-5-10-7/h2,5-6H,1,3-4,8H2,(H,9,10). The summed E-state index contributed by atoms with van der Waals surface area (Å²) in [5.41, 5.74) is 5.42. The zero-order valence-corrected chi connectivity index (χ0v) is 8.37. The van der Waals surface area contributed by atoms with Gasteiger partial charge < -0.3 is 10.7 Å². The second-order valence-electron chi connectivity index (χ2n) is 3.34.